The highest BCUT2D eigenvalue weighted by Crippen LogP contribution is 2.29. The van der Waals surface area contributed by atoms with Crippen molar-refractivity contribution in [2.45, 2.75) is 13.0 Å². The molecule has 0 bridgehead atoms. The Labute approximate surface area is 154 Å². The first-order valence-electron chi connectivity index (χ1n) is 7.44. The van der Waals surface area contributed by atoms with Crippen molar-refractivity contribution in [3.05, 3.63) is 52.5 Å². The quantitative estimate of drug-likeness (QED) is 0.739. The van der Waals surface area contributed by atoms with Gasteiger partial charge in [0.05, 0.1) is 25.5 Å². The molecule has 0 heterocycles. The van der Waals surface area contributed by atoms with Gasteiger partial charge < -0.3 is 19.5 Å². The number of ether oxygens (including phenoxy) is 3. The highest BCUT2D eigenvalue weighted by atomic mass is 79.9. The first kappa shape index (κ1) is 18.8. The molecule has 6 nitrogen and oxygen atoms in total. The van der Waals surface area contributed by atoms with Crippen LogP contribution >= 0.6 is 15.9 Å². The number of hydrogen-bond donors (Lipinski definition) is 1. The summed E-state index contributed by atoms with van der Waals surface area (Å²) >= 11 is 3.29. The van der Waals surface area contributed by atoms with Crippen LogP contribution < -0.4 is 14.8 Å². The minimum absolute atomic E-state index is 0.363. The number of benzene rings is 2. The number of carbonyl (C=O) groups excluding carboxylic acids is 2. The van der Waals surface area contributed by atoms with Gasteiger partial charge in [0.25, 0.3) is 5.91 Å². The zero-order valence-electron chi connectivity index (χ0n) is 14.0. The number of anilines is 1. The molecule has 0 aliphatic carbocycles. The molecule has 2 aromatic rings. The second kappa shape index (κ2) is 8.53. The van der Waals surface area contributed by atoms with E-state index in [1.807, 2.05) is 0 Å². The number of esters is 1. The van der Waals surface area contributed by atoms with Gasteiger partial charge in [-0.3, -0.25) is 4.79 Å². The zero-order chi connectivity index (χ0) is 18.4. The van der Waals surface area contributed by atoms with Crippen LogP contribution in [-0.2, 0) is 9.53 Å². The van der Waals surface area contributed by atoms with E-state index in [9.17, 15) is 9.59 Å². The maximum Gasteiger partial charge on any atom is 0.338 e. The van der Waals surface area contributed by atoms with E-state index in [0.29, 0.717) is 22.7 Å². The van der Waals surface area contributed by atoms with Crippen molar-refractivity contribution < 1.29 is 23.8 Å². The summed E-state index contributed by atoms with van der Waals surface area (Å²) in [5.74, 6) is -0.0130. The third-order valence-electron chi connectivity index (χ3n) is 3.40. The molecule has 0 radical (unpaired) electrons. The van der Waals surface area contributed by atoms with Gasteiger partial charge in [0.15, 0.2) is 6.10 Å². The molecule has 0 aliphatic heterocycles. The number of amides is 1. The van der Waals surface area contributed by atoms with Crippen molar-refractivity contribution in [1.29, 1.82) is 0 Å². The van der Waals surface area contributed by atoms with E-state index in [1.54, 1.807) is 42.5 Å². The van der Waals surface area contributed by atoms with Gasteiger partial charge in [-0.05, 0) is 43.3 Å². The van der Waals surface area contributed by atoms with Gasteiger partial charge in [0.1, 0.15) is 11.5 Å². The van der Waals surface area contributed by atoms with Gasteiger partial charge >= 0.3 is 5.97 Å². The van der Waals surface area contributed by atoms with Crippen LogP contribution in [0.25, 0.3) is 0 Å². The van der Waals surface area contributed by atoms with Crippen molar-refractivity contribution >= 4 is 33.5 Å². The maximum absolute atomic E-state index is 12.3. The monoisotopic (exact) mass is 407 g/mol. The molecule has 0 aliphatic rings. The van der Waals surface area contributed by atoms with Crippen molar-refractivity contribution in [2.75, 3.05) is 19.5 Å². The molecule has 2 rings (SSSR count). The van der Waals surface area contributed by atoms with Crippen LogP contribution in [0.15, 0.2) is 46.9 Å². The van der Waals surface area contributed by atoms with Crippen LogP contribution in [0, 0.1) is 0 Å². The van der Waals surface area contributed by atoms with Crippen molar-refractivity contribution in [1.82, 2.24) is 0 Å². The maximum atomic E-state index is 12.3. The number of methoxy groups -OCH3 is 2. The average molecular weight is 408 g/mol. The molecule has 1 atom stereocenters. The molecule has 0 aromatic heterocycles. The molecule has 0 spiro atoms. The molecule has 0 fully saturated rings. The molecule has 1 unspecified atom stereocenters. The summed E-state index contributed by atoms with van der Waals surface area (Å²) in [6.45, 7) is 1.50. The molecule has 7 heteroatoms. The van der Waals surface area contributed by atoms with Crippen LogP contribution in [0.3, 0.4) is 0 Å². The fourth-order valence-corrected chi connectivity index (χ4v) is 2.28. The van der Waals surface area contributed by atoms with Crippen LogP contribution in [0.2, 0.25) is 0 Å². The number of halogens is 1. The van der Waals surface area contributed by atoms with Crippen molar-refractivity contribution in [2.24, 2.45) is 0 Å². The van der Waals surface area contributed by atoms with Gasteiger partial charge in [-0.1, -0.05) is 15.9 Å². The highest BCUT2D eigenvalue weighted by molar-refractivity contribution is 9.10. The van der Waals surface area contributed by atoms with E-state index in [0.717, 1.165) is 4.47 Å². The molecule has 132 valence electrons. The van der Waals surface area contributed by atoms with Crippen LogP contribution in [0.5, 0.6) is 11.5 Å². The van der Waals surface area contributed by atoms with Gasteiger partial charge in [0, 0.05) is 10.5 Å². The lowest BCUT2D eigenvalue weighted by atomic mass is 10.2. The minimum Gasteiger partial charge on any atom is -0.497 e. The van der Waals surface area contributed by atoms with E-state index >= 15 is 0 Å². The zero-order valence-corrected chi connectivity index (χ0v) is 15.6. The smallest absolute Gasteiger partial charge is 0.338 e. The lowest BCUT2D eigenvalue weighted by Crippen LogP contribution is -2.30. The van der Waals surface area contributed by atoms with Gasteiger partial charge in [-0.15, -0.1) is 0 Å². The predicted octanol–water partition coefficient (Wildman–Crippen LogP) is 3.65. The van der Waals surface area contributed by atoms with Gasteiger partial charge in [-0.2, -0.15) is 0 Å². The first-order chi connectivity index (χ1) is 11.9. The minimum atomic E-state index is -0.980. The van der Waals surface area contributed by atoms with Gasteiger partial charge in [-0.25, -0.2) is 4.79 Å². The normalized spacial score (nSPS) is 11.4. The molecule has 1 amide bonds. The van der Waals surface area contributed by atoms with Crippen LogP contribution in [0.1, 0.15) is 17.3 Å². The SMILES string of the molecule is COc1ccc(OC)c(NC(=O)C(C)OC(=O)c2ccc(Br)cc2)c1. The number of carbonyl (C=O) groups is 2. The predicted molar refractivity (Wildman–Crippen MR) is 97.2 cm³/mol. The number of rotatable bonds is 6. The summed E-state index contributed by atoms with van der Waals surface area (Å²) in [6.07, 6.45) is -0.980. The molecular formula is C18H18BrNO5. The second-order valence-corrected chi connectivity index (χ2v) is 6.03. The third-order valence-corrected chi connectivity index (χ3v) is 3.93. The second-order valence-electron chi connectivity index (χ2n) is 5.11. The summed E-state index contributed by atoms with van der Waals surface area (Å²) in [5.41, 5.74) is 0.792. The molecule has 25 heavy (non-hydrogen) atoms. The Kier molecular flexibility index (Phi) is 6.41. The molecule has 2 aromatic carbocycles. The Hall–Kier alpha value is -2.54. The van der Waals surface area contributed by atoms with E-state index in [4.69, 9.17) is 14.2 Å². The first-order valence-corrected chi connectivity index (χ1v) is 8.23. The molecule has 0 saturated heterocycles. The van der Waals surface area contributed by atoms with E-state index in [1.165, 1.54) is 21.1 Å². The Balaban J connectivity index is 2.05. The van der Waals surface area contributed by atoms with Gasteiger partial charge in [0.2, 0.25) is 0 Å². The lowest BCUT2D eigenvalue weighted by molar-refractivity contribution is -0.123. The summed E-state index contributed by atoms with van der Waals surface area (Å²) in [4.78, 5) is 24.4. The fourth-order valence-electron chi connectivity index (χ4n) is 2.01. The summed E-state index contributed by atoms with van der Waals surface area (Å²) in [6, 6.07) is 11.7. The van der Waals surface area contributed by atoms with E-state index in [-0.39, 0.29) is 0 Å². The average Bonchev–Trinajstić information content (AvgIpc) is 2.61. The number of hydrogen-bond acceptors (Lipinski definition) is 5. The van der Waals surface area contributed by atoms with Crippen LogP contribution in [0.4, 0.5) is 5.69 Å². The highest BCUT2D eigenvalue weighted by Gasteiger charge is 2.20. The van der Waals surface area contributed by atoms with E-state index < -0.39 is 18.0 Å². The summed E-state index contributed by atoms with van der Waals surface area (Å²) in [5, 5.41) is 2.67. The molecule has 0 saturated carbocycles. The van der Waals surface area contributed by atoms with Crippen LogP contribution in [-0.4, -0.2) is 32.2 Å². The molecular weight excluding hydrogens is 390 g/mol. The largest absolute Gasteiger partial charge is 0.497 e. The summed E-state index contributed by atoms with van der Waals surface area (Å²) in [7, 11) is 3.02. The Morgan fingerprint density at radius 1 is 1.04 bits per heavy atom. The topological polar surface area (TPSA) is 73.9 Å². The Morgan fingerprint density at radius 3 is 2.32 bits per heavy atom. The third kappa shape index (κ3) is 4.96. The number of nitrogens with one attached hydrogen (secondary N) is 1. The Morgan fingerprint density at radius 2 is 1.72 bits per heavy atom. The Bertz CT molecular complexity index is 761. The van der Waals surface area contributed by atoms with Crippen molar-refractivity contribution in [3.8, 4) is 11.5 Å². The lowest BCUT2D eigenvalue weighted by Gasteiger charge is -2.16. The van der Waals surface area contributed by atoms with E-state index in [2.05, 4.69) is 21.2 Å². The van der Waals surface area contributed by atoms with Crippen molar-refractivity contribution in [3.63, 3.8) is 0 Å². The molecule has 1 N–H and O–H groups in total. The standard InChI is InChI=1S/C18H18BrNO5/c1-11(25-18(22)12-4-6-13(19)7-5-12)17(21)20-15-10-14(23-2)8-9-16(15)24-3/h4-11H,1-3H3,(H,20,21). The fraction of sp³-hybridized carbons (Fsp3) is 0.222. The summed E-state index contributed by atoms with van der Waals surface area (Å²) < 4.78 is 16.4.